The van der Waals surface area contributed by atoms with E-state index in [9.17, 15) is 13.2 Å². The Hall–Kier alpha value is -1.75. The van der Waals surface area contributed by atoms with Gasteiger partial charge in [0.15, 0.2) is 0 Å². The van der Waals surface area contributed by atoms with Crippen LogP contribution in [-0.4, -0.2) is 86.4 Å². The van der Waals surface area contributed by atoms with Crippen LogP contribution < -0.4 is 10.6 Å². The third-order valence-corrected chi connectivity index (χ3v) is 9.76. The zero-order valence-electron chi connectivity index (χ0n) is 22.4. The molecule has 1 saturated carbocycles. The van der Waals surface area contributed by atoms with E-state index in [1.165, 1.54) is 0 Å². The van der Waals surface area contributed by atoms with E-state index in [2.05, 4.69) is 20.5 Å². The lowest BCUT2D eigenvalue weighted by Crippen LogP contribution is -2.42. The van der Waals surface area contributed by atoms with Crippen molar-refractivity contribution in [2.75, 3.05) is 52.5 Å². The summed E-state index contributed by atoms with van der Waals surface area (Å²) in [7, 11) is -3.23. The largest absolute Gasteiger partial charge is 0.379 e. The summed E-state index contributed by atoms with van der Waals surface area (Å²) in [4.78, 5) is 18.3. The minimum atomic E-state index is -3.23. The first kappa shape index (κ1) is 29.8. The molecule has 2 fully saturated rings. The molecule has 1 aromatic heterocycles. The lowest BCUT2D eigenvalue weighted by Gasteiger charge is -2.31. The van der Waals surface area contributed by atoms with Gasteiger partial charge in [-0.05, 0) is 50.3 Å². The van der Waals surface area contributed by atoms with E-state index < -0.39 is 10.0 Å². The number of sulfonamides is 1. The van der Waals surface area contributed by atoms with Gasteiger partial charge in [-0.1, -0.05) is 44.6 Å². The van der Waals surface area contributed by atoms with E-state index in [1.807, 2.05) is 12.1 Å². The molecule has 3 rings (SSSR count). The summed E-state index contributed by atoms with van der Waals surface area (Å²) < 4.78 is 34.1. The molecule has 9 nitrogen and oxygen atoms in total. The number of morpholine rings is 1. The fraction of sp³-hybridized carbons (Fsp3) is 0.778. The quantitative estimate of drug-likeness (QED) is 0.313. The number of amides is 2. The Morgan fingerprint density at radius 1 is 1.00 bits per heavy atom. The summed E-state index contributed by atoms with van der Waals surface area (Å²) >= 11 is 0. The van der Waals surface area contributed by atoms with Gasteiger partial charge in [-0.2, -0.15) is 0 Å². The minimum Gasteiger partial charge on any atom is -0.379 e. The van der Waals surface area contributed by atoms with E-state index >= 15 is 0 Å². The second kappa shape index (κ2) is 17.0. The molecule has 37 heavy (non-hydrogen) atoms. The molecule has 0 spiro atoms. The second-order valence-corrected chi connectivity index (χ2v) is 12.5. The first-order chi connectivity index (χ1) is 18.1. The first-order valence-corrected chi connectivity index (χ1v) is 15.8. The molecule has 2 heterocycles. The standard InChI is InChI=1S/C27H47N5O4S/c33-27(30-24-25-11-9-14-28-23-25)29-15-7-2-1-3-8-17-32(18-10-16-31-19-21-36-22-20-31)37(34,35)26-12-5-4-6-13-26/h9,11,14,23,26H,1-8,10,12-13,15-22,24H2,(H2,29,30,33). The fourth-order valence-electron chi connectivity index (χ4n) is 5.13. The van der Waals surface area contributed by atoms with Crippen molar-refractivity contribution >= 4 is 16.1 Å². The smallest absolute Gasteiger partial charge is 0.315 e. The van der Waals surface area contributed by atoms with Crippen LogP contribution in [0.5, 0.6) is 0 Å². The molecule has 1 aromatic rings. The van der Waals surface area contributed by atoms with Gasteiger partial charge in [-0.3, -0.25) is 9.88 Å². The maximum Gasteiger partial charge on any atom is 0.315 e. The monoisotopic (exact) mass is 537 g/mol. The molecular weight excluding hydrogens is 490 g/mol. The van der Waals surface area contributed by atoms with E-state index in [-0.39, 0.29) is 11.3 Å². The van der Waals surface area contributed by atoms with Crippen molar-refractivity contribution in [1.82, 2.24) is 24.8 Å². The fourth-order valence-corrected chi connectivity index (χ4v) is 7.25. The molecule has 0 atom stereocenters. The van der Waals surface area contributed by atoms with Gasteiger partial charge in [-0.15, -0.1) is 0 Å². The van der Waals surface area contributed by atoms with Gasteiger partial charge in [0.1, 0.15) is 0 Å². The number of unbranched alkanes of at least 4 members (excludes halogenated alkanes) is 4. The average molecular weight is 538 g/mol. The molecule has 1 saturated heterocycles. The molecule has 1 aliphatic carbocycles. The van der Waals surface area contributed by atoms with Gasteiger partial charge >= 0.3 is 6.03 Å². The first-order valence-electron chi connectivity index (χ1n) is 14.3. The molecule has 2 N–H and O–H groups in total. The van der Waals surface area contributed by atoms with Crippen LogP contribution in [0.15, 0.2) is 24.5 Å². The Kier molecular flexibility index (Phi) is 13.7. The van der Waals surface area contributed by atoms with Crippen molar-refractivity contribution in [2.45, 2.75) is 82.4 Å². The molecule has 210 valence electrons. The van der Waals surface area contributed by atoms with E-state index in [0.717, 1.165) is 109 Å². The van der Waals surface area contributed by atoms with Crippen LogP contribution in [0.4, 0.5) is 4.79 Å². The molecule has 10 heteroatoms. The zero-order valence-corrected chi connectivity index (χ0v) is 23.2. The van der Waals surface area contributed by atoms with Crippen molar-refractivity contribution in [3.63, 3.8) is 0 Å². The summed E-state index contributed by atoms with van der Waals surface area (Å²) in [6, 6.07) is 3.62. The summed E-state index contributed by atoms with van der Waals surface area (Å²) in [5.74, 6) is 0. The number of carbonyl (C=O) groups excluding carboxylic acids is 1. The van der Waals surface area contributed by atoms with Crippen LogP contribution in [-0.2, 0) is 21.3 Å². The highest BCUT2D eigenvalue weighted by atomic mass is 32.2. The Morgan fingerprint density at radius 2 is 1.73 bits per heavy atom. The number of hydrogen-bond acceptors (Lipinski definition) is 6. The van der Waals surface area contributed by atoms with E-state index in [0.29, 0.717) is 26.2 Å². The van der Waals surface area contributed by atoms with Gasteiger partial charge in [0.05, 0.1) is 18.5 Å². The van der Waals surface area contributed by atoms with Crippen LogP contribution in [0.25, 0.3) is 0 Å². The maximum atomic E-state index is 13.4. The molecule has 0 aromatic carbocycles. The van der Waals surface area contributed by atoms with Gasteiger partial charge in [0, 0.05) is 51.7 Å². The molecule has 0 radical (unpaired) electrons. The van der Waals surface area contributed by atoms with Crippen LogP contribution in [0.3, 0.4) is 0 Å². The average Bonchev–Trinajstić information content (AvgIpc) is 2.94. The molecule has 1 aliphatic heterocycles. The molecule has 0 bridgehead atoms. The lowest BCUT2D eigenvalue weighted by atomic mass is 10.0. The number of nitrogens with zero attached hydrogens (tertiary/aromatic N) is 3. The molecule has 2 aliphatic rings. The van der Waals surface area contributed by atoms with E-state index in [4.69, 9.17) is 4.74 Å². The van der Waals surface area contributed by atoms with E-state index in [1.54, 1.807) is 16.7 Å². The number of rotatable bonds is 16. The third-order valence-electron chi connectivity index (χ3n) is 7.36. The summed E-state index contributed by atoms with van der Waals surface area (Å²) in [6.45, 7) is 6.71. The third kappa shape index (κ3) is 11.3. The Balaban J connectivity index is 1.30. The highest BCUT2D eigenvalue weighted by Gasteiger charge is 2.32. The normalized spacial score (nSPS) is 17.6. The Morgan fingerprint density at radius 3 is 2.49 bits per heavy atom. The number of nitrogens with one attached hydrogen (secondary N) is 2. The predicted molar refractivity (Wildman–Crippen MR) is 147 cm³/mol. The maximum absolute atomic E-state index is 13.4. The number of hydrogen-bond donors (Lipinski definition) is 2. The van der Waals surface area contributed by atoms with Crippen molar-refractivity contribution in [3.05, 3.63) is 30.1 Å². The number of urea groups is 1. The Bertz CT molecular complexity index is 859. The van der Waals surface area contributed by atoms with Gasteiger partial charge in [-0.25, -0.2) is 17.5 Å². The summed E-state index contributed by atoms with van der Waals surface area (Å²) in [5.41, 5.74) is 0.971. The van der Waals surface area contributed by atoms with Gasteiger partial charge in [0.25, 0.3) is 0 Å². The number of ether oxygens (including phenoxy) is 1. The van der Waals surface area contributed by atoms with Crippen LogP contribution in [0.2, 0.25) is 0 Å². The zero-order chi connectivity index (χ0) is 26.2. The SMILES string of the molecule is O=C(NCCCCCCCN(CCCN1CCOCC1)S(=O)(=O)C1CCCCC1)NCc1cccnc1. The van der Waals surface area contributed by atoms with Crippen molar-refractivity contribution in [1.29, 1.82) is 0 Å². The van der Waals surface area contributed by atoms with Gasteiger partial charge in [0.2, 0.25) is 10.0 Å². The summed E-state index contributed by atoms with van der Waals surface area (Å²) in [5, 5.41) is 5.54. The molecule has 2 amide bonds. The lowest BCUT2D eigenvalue weighted by molar-refractivity contribution is 0.0369. The predicted octanol–water partition coefficient (Wildman–Crippen LogP) is 3.52. The summed E-state index contributed by atoms with van der Waals surface area (Å²) in [6.07, 6.45) is 14.1. The van der Waals surface area contributed by atoms with Crippen molar-refractivity contribution in [2.24, 2.45) is 0 Å². The minimum absolute atomic E-state index is 0.163. The number of aromatic nitrogens is 1. The second-order valence-electron chi connectivity index (χ2n) is 10.3. The van der Waals surface area contributed by atoms with Crippen LogP contribution in [0.1, 0.15) is 76.2 Å². The number of pyridine rings is 1. The van der Waals surface area contributed by atoms with Crippen molar-refractivity contribution < 1.29 is 17.9 Å². The van der Waals surface area contributed by atoms with Gasteiger partial charge < -0.3 is 15.4 Å². The van der Waals surface area contributed by atoms with Crippen LogP contribution in [0, 0.1) is 0 Å². The highest BCUT2D eigenvalue weighted by Crippen LogP contribution is 2.26. The number of carbonyl (C=O) groups is 1. The van der Waals surface area contributed by atoms with Crippen molar-refractivity contribution in [3.8, 4) is 0 Å². The topological polar surface area (TPSA) is 104 Å². The molecule has 0 unspecified atom stereocenters. The van der Waals surface area contributed by atoms with Crippen LogP contribution >= 0.6 is 0 Å². The highest BCUT2D eigenvalue weighted by molar-refractivity contribution is 7.89. The Labute approximate surface area is 223 Å². The molecular formula is C27H47N5O4S.